The lowest BCUT2D eigenvalue weighted by Gasteiger charge is -2.27. The molecule has 1 aliphatic heterocycles. The molecule has 1 heterocycles. The number of hydrogen-bond acceptors (Lipinski definition) is 3. The zero-order chi connectivity index (χ0) is 21.7. The van der Waals surface area contributed by atoms with Gasteiger partial charge in [0.25, 0.3) is 0 Å². The monoisotopic (exact) mass is 416 g/mol. The summed E-state index contributed by atoms with van der Waals surface area (Å²) in [4.78, 5) is 41.5. The minimum Gasteiger partial charge on any atom is -0.324 e. The number of amides is 3. The summed E-state index contributed by atoms with van der Waals surface area (Å²) in [5.74, 6) is -0.427. The Kier molecular flexibility index (Phi) is 4.92. The van der Waals surface area contributed by atoms with E-state index in [2.05, 4.69) is 5.32 Å². The summed E-state index contributed by atoms with van der Waals surface area (Å²) in [5.41, 5.74) is 3.85. The fraction of sp³-hybridized carbons (Fsp3) is 0.423. The van der Waals surface area contributed by atoms with Crippen LogP contribution in [0.25, 0.3) is 0 Å². The van der Waals surface area contributed by atoms with Crippen LogP contribution in [0.5, 0.6) is 0 Å². The predicted octanol–water partition coefficient (Wildman–Crippen LogP) is 3.88. The molecule has 5 heteroatoms. The first-order valence-corrected chi connectivity index (χ1v) is 11.2. The van der Waals surface area contributed by atoms with Crippen LogP contribution in [0, 0.1) is 37.5 Å². The fourth-order valence-corrected chi connectivity index (χ4v) is 5.92. The third-order valence-electron chi connectivity index (χ3n) is 7.62. The number of carbonyl (C=O) groups is 3. The minimum absolute atomic E-state index is 0.140. The molecule has 1 saturated heterocycles. The number of rotatable bonds is 5. The second-order valence-electron chi connectivity index (χ2n) is 9.43. The van der Waals surface area contributed by atoms with Gasteiger partial charge in [0.2, 0.25) is 17.7 Å². The molecule has 0 aromatic heterocycles. The molecule has 31 heavy (non-hydrogen) atoms. The summed E-state index contributed by atoms with van der Waals surface area (Å²) >= 11 is 0. The van der Waals surface area contributed by atoms with Crippen LogP contribution in [0.3, 0.4) is 0 Å². The Morgan fingerprint density at radius 3 is 2.23 bits per heavy atom. The Bertz CT molecular complexity index is 1020. The number of hydrogen-bond donors (Lipinski definition) is 1. The van der Waals surface area contributed by atoms with E-state index in [1.165, 1.54) is 4.90 Å². The lowest BCUT2D eigenvalue weighted by molar-refractivity contribution is -0.147. The summed E-state index contributed by atoms with van der Waals surface area (Å²) < 4.78 is 0. The Morgan fingerprint density at radius 1 is 0.968 bits per heavy atom. The molecule has 2 aromatic carbocycles. The van der Waals surface area contributed by atoms with E-state index in [1.807, 2.05) is 62.4 Å². The topological polar surface area (TPSA) is 66.5 Å². The van der Waals surface area contributed by atoms with Crippen molar-refractivity contribution in [3.05, 3.63) is 65.2 Å². The van der Waals surface area contributed by atoms with Crippen LogP contribution < -0.4 is 5.32 Å². The van der Waals surface area contributed by atoms with Crippen LogP contribution in [0.4, 0.5) is 5.69 Å². The van der Waals surface area contributed by atoms with E-state index in [4.69, 9.17) is 0 Å². The fourth-order valence-electron chi connectivity index (χ4n) is 5.92. The van der Waals surface area contributed by atoms with Crippen molar-refractivity contribution in [3.8, 4) is 0 Å². The number of benzene rings is 2. The highest BCUT2D eigenvalue weighted by Gasteiger charge is 2.62. The molecule has 2 aromatic rings. The summed E-state index contributed by atoms with van der Waals surface area (Å²) in [7, 11) is 0. The first kappa shape index (κ1) is 20.0. The molecule has 5 atom stereocenters. The number of aryl methyl sites for hydroxylation is 2. The van der Waals surface area contributed by atoms with Crippen molar-refractivity contribution in [3.63, 3.8) is 0 Å². The van der Waals surface area contributed by atoms with Gasteiger partial charge >= 0.3 is 0 Å². The van der Waals surface area contributed by atoms with E-state index in [0.717, 1.165) is 36.0 Å². The Balaban J connectivity index is 1.45. The number of imide groups is 1. The quantitative estimate of drug-likeness (QED) is 0.752. The zero-order valence-electron chi connectivity index (χ0n) is 18.0. The van der Waals surface area contributed by atoms with Crippen molar-refractivity contribution in [1.29, 1.82) is 0 Å². The third-order valence-corrected chi connectivity index (χ3v) is 7.62. The highest BCUT2D eigenvalue weighted by Crippen LogP contribution is 2.56. The molecule has 0 unspecified atom stereocenters. The smallest absolute Gasteiger partial charge is 0.248 e. The molecule has 5 nitrogen and oxygen atoms in total. The molecule has 160 valence electrons. The van der Waals surface area contributed by atoms with Gasteiger partial charge in [0.15, 0.2) is 0 Å². The van der Waals surface area contributed by atoms with Gasteiger partial charge in [-0.15, -0.1) is 0 Å². The SMILES string of the molecule is Cc1ccc(NC(=O)[C@H](Cc2ccccc2)N2C(=O)[C@H]3[C@@H]4CC[C@@H](C4)[C@@H]3C2=O)cc1C. The van der Waals surface area contributed by atoms with Crippen molar-refractivity contribution >= 4 is 23.4 Å². The predicted molar refractivity (Wildman–Crippen MR) is 118 cm³/mol. The van der Waals surface area contributed by atoms with Crippen molar-refractivity contribution in [1.82, 2.24) is 4.90 Å². The van der Waals surface area contributed by atoms with Gasteiger partial charge in [-0.25, -0.2) is 0 Å². The average Bonchev–Trinajstić information content (AvgIpc) is 3.44. The maximum Gasteiger partial charge on any atom is 0.248 e. The highest BCUT2D eigenvalue weighted by molar-refractivity contribution is 6.10. The van der Waals surface area contributed by atoms with Gasteiger partial charge in [0, 0.05) is 12.1 Å². The zero-order valence-corrected chi connectivity index (χ0v) is 18.0. The summed E-state index contributed by atoms with van der Waals surface area (Å²) in [6.45, 7) is 4.02. The van der Waals surface area contributed by atoms with Crippen LogP contribution in [0.1, 0.15) is 36.0 Å². The van der Waals surface area contributed by atoms with Crippen LogP contribution >= 0.6 is 0 Å². The van der Waals surface area contributed by atoms with Gasteiger partial charge in [-0.05, 0) is 73.8 Å². The number of fused-ring (bicyclic) bond motifs is 5. The first-order valence-electron chi connectivity index (χ1n) is 11.2. The van der Waals surface area contributed by atoms with E-state index < -0.39 is 6.04 Å². The molecule has 3 amide bonds. The standard InChI is InChI=1S/C26H28N2O3/c1-15-8-11-20(12-16(15)2)27-24(29)21(13-17-6-4-3-5-7-17)28-25(30)22-18-9-10-19(14-18)23(22)26(28)31/h3-8,11-12,18-19,21-23H,9-10,13-14H2,1-2H3,(H,27,29)/t18-,19+,21-,22-,23-/m0/s1. The molecule has 5 rings (SSSR count). The molecule has 3 fully saturated rings. The molecular weight excluding hydrogens is 388 g/mol. The highest BCUT2D eigenvalue weighted by atomic mass is 16.2. The third kappa shape index (κ3) is 3.36. The molecule has 2 aliphatic carbocycles. The van der Waals surface area contributed by atoms with Gasteiger partial charge in [0.1, 0.15) is 6.04 Å². The van der Waals surface area contributed by atoms with E-state index in [1.54, 1.807) is 0 Å². The molecular formula is C26H28N2O3. The van der Waals surface area contributed by atoms with Crippen LogP contribution in [-0.4, -0.2) is 28.7 Å². The van der Waals surface area contributed by atoms with Gasteiger partial charge < -0.3 is 5.32 Å². The number of nitrogens with zero attached hydrogens (tertiary/aromatic N) is 1. The van der Waals surface area contributed by atoms with E-state index in [9.17, 15) is 14.4 Å². The van der Waals surface area contributed by atoms with Crippen LogP contribution in [0.15, 0.2) is 48.5 Å². The lowest BCUT2D eigenvalue weighted by Crippen LogP contribution is -2.49. The lowest BCUT2D eigenvalue weighted by atomic mass is 9.81. The van der Waals surface area contributed by atoms with Crippen molar-refractivity contribution in [2.45, 2.75) is 45.6 Å². The number of anilines is 1. The summed E-state index contributed by atoms with van der Waals surface area (Å²) in [6.07, 6.45) is 3.36. The number of carbonyl (C=O) groups excluding carboxylic acids is 3. The molecule has 2 bridgehead atoms. The largest absolute Gasteiger partial charge is 0.324 e. The van der Waals surface area contributed by atoms with Crippen molar-refractivity contribution < 1.29 is 14.4 Å². The molecule has 3 aliphatic rings. The van der Waals surface area contributed by atoms with Gasteiger partial charge in [-0.1, -0.05) is 36.4 Å². The van der Waals surface area contributed by atoms with E-state index in [-0.39, 0.29) is 29.6 Å². The van der Waals surface area contributed by atoms with Crippen molar-refractivity contribution in [2.75, 3.05) is 5.32 Å². The summed E-state index contributed by atoms with van der Waals surface area (Å²) in [5, 5.41) is 2.97. The number of likely N-dealkylation sites (tertiary alicyclic amines) is 1. The van der Waals surface area contributed by atoms with E-state index in [0.29, 0.717) is 23.9 Å². The molecule has 0 radical (unpaired) electrons. The Labute approximate surface area is 182 Å². The first-order chi connectivity index (χ1) is 14.9. The van der Waals surface area contributed by atoms with Crippen LogP contribution in [-0.2, 0) is 20.8 Å². The van der Waals surface area contributed by atoms with E-state index >= 15 is 0 Å². The second-order valence-corrected chi connectivity index (χ2v) is 9.43. The Morgan fingerprint density at radius 2 is 1.61 bits per heavy atom. The molecule has 2 saturated carbocycles. The summed E-state index contributed by atoms with van der Waals surface area (Å²) in [6, 6.07) is 14.5. The Hall–Kier alpha value is -2.95. The normalized spacial score (nSPS) is 27.5. The number of nitrogens with one attached hydrogen (secondary N) is 1. The van der Waals surface area contributed by atoms with Gasteiger partial charge in [-0.3, -0.25) is 19.3 Å². The van der Waals surface area contributed by atoms with Crippen molar-refractivity contribution in [2.24, 2.45) is 23.7 Å². The van der Waals surface area contributed by atoms with Gasteiger partial charge in [-0.2, -0.15) is 0 Å². The maximum atomic E-state index is 13.4. The molecule has 1 N–H and O–H groups in total. The van der Waals surface area contributed by atoms with Gasteiger partial charge in [0.05, 0.1) is 11.8 Å². The molecule has 0 spiro atoms. The van der Waals surface area contributed by atoms with Crippen LogP contribution in [0.2, 0.25) is 0 Å². The maximum absolute atomic E-state index is 13.4. The average molecular weight is 417 g/mol. The second kappa shape index (κ2) is 7.63. The minimum atomic E-state index is -0.839.